The number of carbonyl (C=O) groups is 1. The lowest BCUT2D eigenvalue weighted by molar-refractivity contribution is -0.180. The molecule has 1 amide bonds. The highest BCUT2D eigenvalue weighted by Gasteiger charge is 2.41. The molecule has 1 spiro atoms. The first kappa shape index (κ1) is 13.3. The zero-order valence-corrected chi connectivity index (χ0v) is 12.1. The van der Waals surface area contributed by atoms with Crippen LogP contribution in [0.1, 0.15) is 42.7 Å². The summed E-state index contributed by atoms with van der Waals surface area (Å²) in [6.07, 6.45) is 4.55. The molecule has 0 aromatic heterocycles. The Balaban J connectivity index is 1.33. The Labute approximate surface area is 124 Å². The molecule has 1 N–H and O–H groups in total. The van der Waals surface area contributed by atoms with E-state index in [1.165, 1.54) is 11.1 Å². The Kier molecular flexibility index (Phi) is 3.23. The van der Waals surface area contributed by atoms with Crippen molar-refractivity contribution in [3.05, 3.63) is 35.4 Å². The molecule has 2 fully saturated rings. The van der Waals surface area contributed by atoms with Gasteiger partial charge in [-0.1, -0.05) is 24.3 Å². The van der Waals surface area contributed by atoms with Crippen molar-refractivity contribution in [3.63, 3.8) is 0 Å². The Bertz CT molecular complexity index is 541. The van der Waals surface area contributed by atoms with E-state index in [0.717, 1.165) is 32.1 Å². The molecule has 1 saturated heterocycles. The molecule has 1 unspecified atom stereocenters. The van der Waals surface area contributed by atoms with Gasteiger partial charge >= 0.3 is 0 Å². The van der Waals surface area contributed by atoms with Crippen LogP contribution in [0.5, 0.6) is 0 Å². The number of nitrogens with one attached hydrogen (secondary N) is 1. The molecular formula is C17H21NO3. The van der Waals surface area contributed by atoms with E-state index in [-0.39, 0.29) is 23.7 Å². The van der Waals surface area contributed by atoms with Gasteiger partial charge in [-0.3, -0.25) is 4.79 Å². The Morgan fingerprint density at radius 1 is 1.14 bits per heavy atom. The summed E-state index contributed by atoms with van der Waals surface area (Å²) >= 11 is 0. The van der Waals surface area contributed by atoms with Crippen molar-refractivity contribution in [2.75, 3.05) is 13.2 Å². The van der Waals surface area contributed by atoms with Crippen molar-refractivity contribution in [1.29, 1.82) is 0 Å². The number of carbonyl (C=O) groups excluding carboxylic acids is 1. The molecule has 1 atom stereocenters. The van der Waals surface area contributed by atoms with Crippen LogP contribution in [-0.2, 0) is 20.7 Å². The maximum atomic E-state index is 12.4. The molecular weight excluding hydrogens is 266 g/mol. The Hall–Kier alpha value is -1.39. The van der Waals surface area contributed by atoms with E-state index in [4.69, 9.17) is 9.47 Å². The third-order valence-electron chi connectivity index (χ3n) is 5.08. The second kappa shape index (κ2) is 5.11. The van der Waals surface area contributed by atoms with Crippen LogP contribution in [0.3, 0.4) is 0 Å². The molecule has 112 valence electrons. The number of hydrogen-bond donors (Lipinski definition) is 1. The van der Waals surface area contributed by atoms with E-state index in [1.54, 1.807) is 0 Å². The largest absolute Gasteiger partial charge is 0.353 e. The van der Waals surface area contributed by atoms with Crippen LogP contribution >= 0.6 is 0 Å². The summed E-state index contributed by atoms with van der Waals surface area (Å²) in [6, 6.07) is 8.49. The summed E-state index contributed by atoms with van der Waals surface area (Å²) in [6.45, 7) is 1.41. The molecule has 4 rings (SSSR count). The molecule has 1 aromatic rings. The molecule has 1 saturated carbocycles. The maximum absolute atomic E-state index is 12.4. The van der Waals surface area contributed by atoms with Crippen molar-refractivity contribution in [2.45, 2.75) is 49.9 Å². The number of hydrogen-bond acceptors (Lipinski definition) is 3. The van der Waals surface area contributed by atoms with Crippen molar-refractivity contribution in [3.8, 4) is 0 Å². The van der Waals surface area contributed by atoms with Crippen molar-refractivity contribution in [2.24, 2.45) is 0 Å². The van der Waals surface area contributed by atoms with Crippen LogP contribution in [0.25, 0.3) is 0 Å². The molecule has 1 aliphatic heterocycles. The first-order chi connectivity index (χ1) is 10.3. The topological polar surface area (TPSA) is 47.6 Å². The van der Waals surface area contributed by atoms with E-state index in [2.05, 4.69) is 17.4 Å². The van der Waals surface area contributed by atoms with Gasteiger partial charge in [-0.15, -0.1) is 0 Å². The highest BCUT2D eigenvalue weighted by molar-refractivity contribution is 5.87. The summed E-state index contributed by atoms with van der Waals surface area (Å²) < 4.78 is 11.5. The highest BCUT2D eigenvalue weighted by atomic mass is 16.7. The van der Waals surface area contributed by atoms with Crippen LogP contribution in [0.15, 0.2) is 24.3 Å². The second-order valence-electron chi connectivity index (χ2n) is 6.35. The number of benzene rings is 1. The molecule has 0 radical (unpaired) electrons. The molecule has 4 heteroatoms. The summed E-state index contributed by atoms with van der Waals surface area (Å²) in [5.41, 5.74) is 2.51. The van der Waals surface area contributed by atoms with Gasteiger partial charge < -0.3 is 14.8 Å². The predicted molar refractivity (Wildman–Crippen MR) is 77.9 cm³/mol. The summed E-state index contributed by atoms with van der Waals surface area (Å²) in [7, 11) is 0. The average molecular weight is 287 g/mol. The van der Waals surface area contributed by atoms with Crippen molar-refractivity contribution in [1.82, 2.24) is 5.32 Å². The molecule has 0 bridgehead atoms. The van der Waals surface area contributed by atoms with Gasteiger partial charge in [0.25, 0.3) is 0 Å². The first-order valence-electron chi connectivity index (χ1n) is 7.92. The number of amides is 1. The SMILES string of the molecule is O=C(NC1CCC2(CC1)OCCO2)C1Cc2ccccc21. The lowest BCUT2D eigenvalue weighted by Gasteiger charge is -2.37. The number of ether oxygens (including phenoxy) is 2. The fraction of sp³-hybridized carbons (Fsp3) is 0.588. The molecule has 1 heterocycles. The first-order valence-corrected chi connectivity index (χ1v) is 7.92. The van der Waals surface area contributed by atoms with Gasteiger partial charge in [0.15, 0.2) is 5.79 Å². The van der Waals surface area contributed by atoms with Gasteiger partial charge in [-0.2, -0.15) is 0 Å². The molecule has 21 heavy (non-hydrogen) atoms. The molecule has 1 aromatic carbocycles. The third-order valence-corrected chi connectivity index (χ3v) is 5.08. The van der Waals surface area contributed by atoms with E-state index in [9.17, 15) is 4.79 Å². The maximum Gasteiger partial charge on any atom is 0.228 e. The van der Waals surface area contributed by atoms with E-state index < -0.39 is 0 Å². The smallest absolute Gasteiger partial charge is 0.228 e. The van der Waals surface area contributed by atoms with Gasteiger partial charge in [0, 0.05) is 18.9 Å². The number of rotatable bonds is 2. The van der Waals surface area contributed by atoms with E-state index in [0.29, 0.717) is 13.2 Å². The van der Waals surface area contributed by atoms with Gasteiger partial charge in [-0.05, 0) is 30.4 Å². The molecule has 4 nitrogen and oxygen atoms in total. The summed E-state index contributed by atoms with van der Waals surface area (Å²) in [4.78, 5) is 12.4. The normalized spacial score (nSPS) is 27.1. The third kappa shape index (κ3) is 2.36. The van der Waals surface area contributed by atoms with Gasteiger partial charge in [0.2, 0.25) is 5.91 Å². The monoisotopic (exact) mass is 287 g/mol. The van der Waals surface area contributed by atoms with Gasteiger partial charge in [0.05, 0.1) is 19.1 Å². The molecule has 3 aliphatic rings. The predicted octanol–water partition coefficient (Wildman–Crippen LogP) is 2.13. The van der Waals surface area contributed by atoms with Crippen LogP contribution in [0.4, 0.5) is 0 Å². The second-order valence-corrected chi connectivity index (χ2v) is 6.35. The lowest BCUT2D eigenvalue weighted by atomic mass is 9.77. The average Bonchev–Trinajstić information content (AvgIpc) is 2.92. The Morgan fingerprint density at radius 3 is 2.57 bits per heavy atom. The fourth-order valence-electron chi connectivity index (χ4n) is 3.78. The quantitative estimate of drug-likeness (QED) is 0.906. The van der Waals surface area contributed by atoms with Gasteiger partial charge in [0.1, 0.15) is 0 Å². The molecule has 2 aliphatic carbocycles. The fourth-order valence-corrected chi connectivity index (χ4v) is 3.78. The minimum Gasteiger partial charge on any atom is -0.353 e. The standard InChI is InChI=1S/C17H21NO3/c19-16(15-11-12-3-1-2-4-14(12)15)18-13-5-7-17(8-6-13)20-9-10-21-17/h1-4,13,15H,5-11H2,(H,18,19). The van der Waals surface area contributed by atoms with Crippen LogP contribution in [0.2, 0.25) is 0 Å². The van der Waals surface area contributed by atoms with E-state index in [1.807, 2.05) is 12.1 Å². The highest BCUT2D eigenvalue weighted by Crippen LogP contribution is 2.37. The van der Waals surface area contributed by atoms with Crippen LogP contribution < -0.4 is 5.32 Å². The van der Waals surface area contributed by atoms with Crippen molar-refractivity contribution >= 4 is 5.91 Å². The Morgan fingerprint density at radius 2 is 1.86 bits per heavy atom. The summed E-state index contributed by atoms with van der Waals surface area (Å²) in [5, 5.41) is 3.22. The van der Waals surface area contributed by atoms with Gasteiger partial charge in [-0.25, -0.2) is 0 Å². The van der Waals surface area contributed by atoms with Crippen LogP contribution in [0, 0.1) is 0 Å². The van der Waals surface area contributed by atoms with E-state index >= 15 is 0 Å². The van der Waals surface area contributed by atoms with Crippen LogP contribution in [-0.4, -0.2) is 30.9 Å². The number of fused-ring (bicyclic) bond motifs is 1. The minimum absolute atomic E-state index is 0.0519. The summed E-state index contributed by atoms with van der Waals surface area (Å²) in [5.74, 6) is -0.108. The lowest BCUT2D eigenvalue weighted by Crippen LogP contribution is -2.46. The zero-order chi connectivity index (χ0) is 14.3. The minimum atomic E-state index is -0.343. The zero-order valence-electron chi connectivity index (χ0n) is 12.1. The van der Waals surface area contributed by atoms with Crippen molar-refractivity contribution < 1.29 is 14.3 Å².